The molecule has 106 valence electrons. The number of ether oxygens (including phenoxy) is 2. The van der Waals surface area contributed by atoms with Crippen LogP contribution in [0.25, 0.3) is 0 Å². The van der Waals surface area contributed by atoms with Gasteiger partial charge < -0.3 is 14.8 Å². The molecule has 1 aromatic rings. The Balaban J connectivity index is 2.32. The minimum atomic E-state index is -0.339. The van der Waals surface area contributed by atoms with Crippen molar-refractivity contribution in [1.29, 1.82) is 0 Å². The lowest BCUT2D eigenvalue weighted by Crippen LogP contribution is -2.16. The molecule has 0 unspecified atom stereocenters. The average molecular weight is 460 g/mol. The van der Waals surface area contributed by atoms with Crippen LogP contribution in [0, 0.1) is 0 Å². The van der Waals surface area contributed by atoms with Gasteiger partial charge in [0.25, 0.3) is 0 Å². The summed E-state index contributed by atoms with van der Waals surface area (Å²) in [7, 11) is 0. The van der Waals surface area contributed by atoms with E-state index in [4.69, 9.17) is 9.47 Å². The third-order valence-electron chi connectivity index (χ3n) is 2.08. The molecule has 0 bridgehead atoms. The van der Waals surface area contributed by atoms with Gasteiger partial charge in [-0.2, -0.15) is 0 Å². The van der Waals surface area contributed by atoms with Gasteiger partial charge in [-0.1, -0.05) is 15.9 Å². The van der Waals surface area contributed by atoms with Gasteiger partial charge in [-0.05, 0) is 50.9 Å². The largest absolute Gasteiger partial charge is 0.464 e. The van der Waals surface area contributed by atoms with E-state index < -0.39 is 0 Å². The Morgan fingerprint density at radius 1 is 1.26 bits per heavy atom. The number of rotatable bonds is 7. The fourth-order valence-corrected chi connectivity index (χ4v) is 3.86. The molecule has 0 saturated carbocycles. The number of halogens is 3. The van der Waals surface area contributed by atoms with Gasteiger partial charge in [-0.3, -0.25) is 0 Å². The van der Waals surface area contributed by atoms with Gasteiger partial charge in [0.05, 0.1) is 18.9 Å². The van der Waals surface area contributed by atoms with Crippen LogP contribution in [0.15, 0.2) is 25.6 Å². The molecule has 0 aliphatic heterocycles. The summed E-state index contributed by atoms with van der Waals surface area (Å²) in [5.41, 5.74) is 0.947. The van der Waals surface area contributed by atoms with Crippen LogP contribution in [0.4, 0.5) is 5.69 Å². The third kappa shape index (κ3) is 6.25. The zero-order valence-electron chi connectivity index (χ0n) is 10.3. The van der Waals surface area contributed by atoms with Crippen LogP contribution in [-0.2, 0) is 14.3 Å². The number of benzene rings is 1. The van der Waals surface area contributed by atoms with Crippen LogP contribution in [0.3, 0.4) is 0 Å². The first kappa shape index (κ1) is 16.9. The van der Waals surface area contributed by atoms with Crippen molar-refractivity contribution in [3.05, 3.63) is 25.6 Å². The number of carbonyl (C=O) groups is 1. The molecule has 4 nitrogen and oxygen atoms in total. The third-order valence-corrected chi connectivity index (χ3v) is 3.79. The smallest absolute Gasteiger partial charge is 0.332 e. The molecule has 1 rings (SSSR count). The van der Waals surface area contributed by atoms with E-state index in [-0.39, 0.29) is 12.6 Å². The molecule has 0 heterocycles. The second-order valence-corrected chi connectivity index (χ2v) is 6.15. The van der Waals surface area contributed by atoms with E-state index in [1.807, 2.05) is 12.1 Å². The standard InChI is InChI=1S/C12H14Br3NO3/c1-2-19-11(17)7-18-4-3-16-12-9(14)5-8(13)6-10(12)15/h5-6,16H,2-4,7H2,1H3. The minimum absolute atomic E-state index is 0.0157. The van der Waals surface area contributed by atoms with Crippen LogP contribution in [0.5, 0.6) is 0 Å². The van der Waals surface area contributed by atoms with Crippen molar-refractivity contribution >= 4 is 59.4 Å². The maximum absolute atomic E-state index is 11.0. The van der Waals surface area contributed by atoms with Gasteiger partial charge in [0.2, 0.25) is 0 Å². The summed E-state index contributed by atoms with van der Waals surface area (Å²) in [5.74, 6) is -0.339. The zero-order chi connectivity index (χ0) is 14.3. The molecule has 0 spiro atoms. The van der Waals surface area contributed by atoms with Crippen molar-refractivity contribution in [3.63, 3.8) is 0 Å². The lowest BCUT2D eigenvalue weighted by Gasteiger charge is -2.11. The van der Waals surface area contributed by atoms with Crippen molar-refractivity contribution in [2.45, 2.75) is 6.92 Å². The predicted molar refractivity (Wildman–Crippen MR) is 85.5 cm³/mol. The van der Waals surface area contributed by atoms with Gasteiger partial charge in [0.15, 0.2) is 0 Å². The molecule has 7 heteroatoms. The van der Waals surface area contributed by atoms with Gasteiger partial charge in [0, 0.05) is 20.0 Å². The van der Waals surface area contributed by atoms with E-state index in [0.29, 0.717) is 19.8 Å². The molecule has 0 amide bonds. The van der Waals surface area contributed by atoms with Gasteiger partial charge in [0.1, 0.15) is 6.61 Å². The Labute approximate surface area is 137 Å². The number of carbonyl (C=O) groups excluding carboxylic acids is 1. The first-order chi connectivity index (χ1) is 9.04. The summed E-state index contributed by atoms with van der Waals surface area (Å²) in [6, 6.07) is 3.90. The molecule has 0 atom stereocenters. The number of hydrogen-bond donors (Lipinski definition) is 1. The quantitative estimate of drug-likeness (QED) is 0.495. The predicted octanol–water partition coefficient (Wildman–Crippen LogP) is 3.97. The van der Waals surface area contributed by atoms with Gasteiger partial charge >= 0.3 is 5.97 Å². The summed E-state index contributed by atoms with van der Waals surface area (Å²) in [4.78, 5) is 11.0. The van der Waals surface area contributed by atoms with Crippen LogP contribution in [-0.4, -0.2) is 32.3 Å². The second-order valence-electron chi connectivity index (χ2n) is 3.53. The van der Waals surface area contributed by atoms with E-state index in [1.165, 1.54) is 0 Å². The summed E-state index contributed by atoms with van der Waals surface area (Å²) in [6.45, 7) is 3.14. The summed E-state index contributed by atoms with van der Waals surface area (Å²) in [6.07, 6.45) is 0. The highest BCUT2D eigenvalue weighted by Gasteiger charge is 2.06. The van der Waals surface area contributed by atoms with Crippen molar-refractivity contribution in [2.24, 2.45) is 0 Å². The highest BCUT2D eigenvalue weighted by molar-refractivity contribution is 9.11. The molecular weight excluding hydrogens is 446 g/mol. The second kappa shape index (κ2) is 8.94. The fourth-order valence-electron chi connectivity index (χ4n) is 1.32. The van der Waals surface area contributed by atoms with Gasteiger partial charge in [-0.25, -0.2) is 4.79 Å². The molecular formula is C12H14Br3NO3. The Morgan fingerprint density at radius 2 is 1.89 bits per heavy atom. The number of anilines is 1. The normalized spacial score (nSPS) is 10.3. The first-order valence-electron chi connectivity index (χ1n) is 5.66. The topological polar surface area (TPSA) is 47.6 Å². The monoisotopic (exact) mass is 457 g/mol. The van der Waals surface area contributed by atoms with E-state index in [9.17, 15) is 4.79 Å². The van der Waals surface area contributed by atoms with E-state index >= 15 is 0 Å². The lowest BCUT2D eigenvalue weighted by molar-refractivity contribution is -0.148. The Kier molecular flexibility index (Phi) is 7.97. The molecule has 0 saturated heterocycles. The molecule has 1 N–H and O–H groups in total. The summed E-state index contributed by atoms with van der Waals surface area (Å²) >= 11 is 10.4. The SMILES string of the molecule is CCOC(=O)COCCNc1c(Br)cc(Br)cc1Br. The molecule has 0 aliphatic carbocycles. The minimum Gasteiger partial charge on any atom is -0.464 e. The molecule has 0 aromatic heterocycles. The van der Waals surface area contributed by atoms with Gasteiger partial charge in [-0.15, -0.1) is 0 Å². The fraction of sp³-hybridized carbons (Fsp3) is 0.417. The van der Waals surface area contributed by atoms with Crippen LogP contribution >= 0.6 is 47.8 Å². The highest BCUT2D eigenvalue weighted by Crippen LogP contribution is 2.34. The number of nitrogens with one attached hydrogen (secondary N) is 1. The molecule has 0 aliphatic rings. The molecule has 1 aromatic carbocycles. The summed E-state index contributed by atoms with van der Waals surface area (Å²) < 4.78 is 12.8. The summed E-state index contributed by atoms with van der Waals surface area (Å²) in [5, 5.41) is 3.22. The van der Waals surface area contributed by atoms with Crippen LogP contribution in [0.1, 0.15) is 6.92 Å². The Morgan fingerprint density at radius 3 is 2.47 bits per heavy atom. The molecule has 0 radical (unpaired) electrons. The van der Waals surface area contributed by atoms with Crippen molar-refractivity contribution in [2.75, 3.05) is 31.7 Å². The van der Waals surface area contributed by atoms with E-state index in [0.717, 1.165) is 19.1 Å². The van der Waals surface area contributed by atoms with Crippen LogP contribution < -0.4 is 5.32 Å². The number of hydrogen-bond acceptors (Lipinski definition) is 4. The number of esters is 1. The molecule has 19 heavy (non-hydrogen) atoms. The van der Waals surface area contributed by atoms with Crippen molar-refractivity contribution in [1.82, 2.24) is 0 Å². The van der Waals surface area contributed by atoms with Crippen LogP contribution in [0.2, 0.25) is 0 Å². The maximum Gasteiger partial charge on any atom is 0.332 e. The van der Waals surface area contributed by atoms with E-state index in [2.05, 4.69) is 53.1 Å². The average Bonchev–Trinajstić information content (AvgIpc) is 2.31. The van der Waals surface area contributed by atoms with Crippen molar-refractivity contribution in [3.8, 4) is 0 Å². The maximum atomic E-state index is 11.0. The van der Waals surface area contributed by atoms with E-state index in [1.54, 1.807) is 6.92 Å². The Hall–Kier alpha value is -0.110. The lowest BCUT2D eigenvalue weighted by atomic mass is 10.3. The zero-order valence-corrected chi connectivity index (χ0v) is 15.1. The Bertz CT molecular complexity index is 417. The molecule has 0 fully saturated rings. The first-order valence-corrected chi connectivity index (χ1v) is 8.04. The highest BCUT2D eigenvalue weighted by atomic mass is 79.9. The van der Waals surface area contributed by atoms with Crippen molar-refractivity contribution < 1.29 is 14.3 Å².